The average Bonchev–Trinajstić information content (AvgIpc) is 3.10. The number of benzene rings is 2. The number of hydrogen-bond donors (Lipinski definition) is 3. The molecule has 154 valence electrons. The molecular weight excluding hydrogens is 376 g/mol. The molecule has 0 saturated carbocycles. The number of fused-ring (bicyclic) bond motifs is 1. The Morgan fingerprint density at radius 3 is 2.93 bits per heavy atom. The lowest BCUT2D eigenvalue weighted by molar-refractivity contribution is 0.0880. The van der Waals surface area contributed by atoms with E-state index in [0.29, 0.717) is 36.0 Å². The number of piperidine rings is 1. The Morgan fingerprint density at radius 1 is 1.31 bits per heavy atom. The van der Waals surface area contributed by atoms with E-state index in [4.69, 9.17) is 4.74 Å². The van der Waals surface area contributed by atoms with Crippen LogP contribution in [0.25, 0.3) is 10.9 Å². The molecule has 1 aliphatic rings. The number of rotatable bonds is 6. The van der Waals surface area contributed by atoms with Gasteiger partial charge in [-0.15, -0.1) is 0 Å². The molecule has 29 heavy (non-hydrogen) atoms. The summed E-state index contributed by atoms with van der Waals surface area (Å²) in [5.41, 5.74) is 2.07. The summed E-state index contributed by atoms with van der Waals surface area (Å²) >= 11 is 0. The number of aliphatic hydroxyl groups is 1. The van der Waals surface area contributed by atoms with Crippen LogP contribution in [0.5, 0.6) is 5.75 Å². The van der Waals surface area contributed by atoms with Crippen LogP contribution in [0.15, 0.2) is 48.7 Å². The van der Waals surface area contributed by atoms with E-state index in [-0.39, 0.29) is 6.54 Å². The molecule has 4 rings (SSSR count). The summed E-state index contributed by atoms with van der Waals surface area (Å²) in [5, 5.41) is 17.0. The van der Waals surface area contributed by atoms with Crippen LogP contribution in [-0.4, -0.2) is 42.1 Å². The number of nitrogens with one attached hydrogen (secondary N) is 2. The van der Waals surface area contributed by atoms with Crippen LogP contribution >= 0.6 is 0 Å². The number of halogens is 2. The van der Waals surface area contributed by atoms with Crippen LogP contribution < -0.4 is 15.4 Å². The Bertz CT molecular complexity index is 991. The lowest BCUT2D eigenvalue weighted by atomic mass is 10.0. The third-order valence-electron chi connectivity index (χ3n) is 5.45. The van der Waals surface area contributed by atoms with Gasteiger partial charge in [0.05, 0.1) is 12.6 Å². The van der Waals surface area contributed by atoms with Crippen molar-refractivity contribution in [2.24, 2.45) is 0 Å². The summed E-state index contributed by atoms with van der Waals surface area (Å²) in [6, 6.07) is 12.0. The van der Waals surface area contributed by atoms with Crippen molar-refractivity contribution in [3.63, 3.8) is 0 Å². The van der Waals surface area contributed by atoms with Crippen LogP contribution in [0.4, 0.5) is 8.78 Å². The van der Waals surface area contributed by atoms with E-state index >= 15 is 0 Å². The van der Waals surface area contributed by atoms with Gasteiger partial charge in [0.15, 0.2) is 0 Å². The second kappa shape index (κ2) is 8.49. The molecule has 3 unspecified atom stereocenters. The Balaban J connectivity index is 1.67. The van der Waals surface area contributed by atoms with E-state index in [9.17, 15) is 13.9 Å². The molecule has 0 aliphatic carbocycles. The quantitative estimate of drug-likeness (QED) is 0.556. The third kappa shape index (κ3) is 4.12. The highest BCUT2D eigenvalue weighted by atomic mass is 19.1. The van der Waals surface area contributed by atoms with Gasteiger partial charge in [-0.1, -0.05) is 18.2 Å². The lowest BCUT2D eigenvalue weighted by Crippen LogP contribution is -2.50. The fraction of sp³-hybridized carbons (Fsp3) is 0.364. The van der Waals surface area contributed by atoms with Gasteiger partial charge in [0, 0.05) is 36.3 Å². The van der Waals surface area contributed by atoms with Crippen molar-refractivity contribution in [1.29, 1.82) is 0 Å². The van der Waals surface area contributed by atoms with E-state index in [1.54, 1.807) is 19.4 Å². The lowest BCUT2D eigenvalue weighted by Gasteiger charge is -2.29. The summed E-state index contributed by atoms with van der Waals surface area (Å²) in [6.07, 6.45) is 0.0261. The number of hydrogen-bond acceptors (Lipinski definition) is 4. The van der Waals surface area contributed by atoms with Gasteiger partial charge < -0.3 is 19.7 Å². The summed E-state index contributed by atoms with van der Waals surface area (Å²) in [5.74, 6) is 0.330. The maximum Gasteiger partial charge on any atom is 0.133 e. The van der Waals surface area contributed by atoms with Crippen molar-refractivity contribution in [2.75, 3.05) is 20.2 Å². The number of nitrogens with zero attached hydrogens (tertiary/aromatic N) is 1. The molecule has 1 saturated heterocycles. The summed E-state index contributed by atoms with van der Waals surface area (Å²) < 4.78 is 36.0. The van der Waals surface area contributed by atoms with Gasteiger partial charge in [-0.3, -0.25) is 5.32 Å². The smallest absolute Gasteiger partial charge is 0.133 e. The Hall–Kier alpha value is -2.48. The molecule has 2 heterocycles. The number of methoxy groups -OCH3 is 1. The standard InChI is InChI=1S/C22H25F2N3O2/c1-29-15-5-2-4-14(10-15)12-27-13-16(21-17(23)6-3-7-20(21)27)22(28)26-19-8-9-25-11-18(19)24/h2-7,10,13,18-19,22,25-26,28H,8-9,11-12H2,1H3. The molecule has 1 fully saturated rings. The molecule has 3 aromatic rings. The van der Waals surface area contributed by atoms with Crippen molar-refractivity contribution in [3.05, 3.63) is 65.6 Å². The van der Waals surface area contributed by atoms with Crippen molar-refractivity contribution in [1.82, 2.24) is 15.2 Å². The first kappa shape index (κ1) is 19.8. The van der Waals surface area contributed by atoms with Crippen molar-refractivity contribution in [2.45, 2.75) is 31.4 Å². The second-order valence-electron chi connectivity index (χ2n) is 7.38. The average molecular weight is 401 g/mol. The van der Waals surface area contributed by atoms with Crippen molar-refractivity contribution >= 4 is 10.9 Å². The second-order valence-corrected chi connectivity index (χ2v) is 7.38. The van der Waals surface area contributed by atoms with Gasteiger partial charge >= 0.3 is 0 Å². The first-order valence-electron chi connectivity index (χ1n) is 9.76. The normalized spacial score (nSPS) is 20.7. The number of ether oxygens (including phenoxy) is 1. The van der Waals surface area contributed by atoms with Crippen LogP contribution in [0.1, 0.15) is 23.8 Å². The number of aromatic nitrogens is 1. The van der Waals surface area contributed by atoms with Crippen molar-refractivity contribution < 1.29 is 18.6 Å². The predicted molar refractivity (Wildman–Crippen MR) is 108 cm³/mol. The van der Waals surface area contributed by atoms with Gasteiger partial charge in [-0.05, 0) is 42.8 Å². The highest BCUT2D eigenvalue weighted by Crippen LogP contribution is 2.30. The molecule has 3 N–H and O–H groups in total. The SMILES string of the molecule is COc1cccc(Cn2cc(C(O)NC3CCNCC3F)c3c(F)cccc32)c1. The molecule has 0 bridgehead atoms. The molecule has 1 aliphatic heterocycles. The Labute approximate surface area is 168 Å². The number of aliphatic hydroxyl groups excluding tert-OH is 1. The zero-order valence-corrected chi connectivity index (χ0v) is 16.2. The minimum atomic E-state index is -1.16. The molecule has 5 nitrogen and oxygen atoms in total. The maximum atomic E-state index is 14.7. The van der Waals surface area contributed by atoms with Crippen LogP contribution in [0.2, 0.25) is 0 Å². The molecule has 0 amide bonds. The monoisotopic (exact) mass is 401 g/mol. The van der Waals surface area contributed by atoms with E-state index in [0.717, 1.165) is 11.3 Å². The molecule has 3 atom stereocenters. The molecule has 1 aromatic heterocycles. The fourth-order valence-electron chi connectivity index (χ4n) is 3.95. The van der Waals surface area contributed by atoms with Crippen LogP contribution in [0, 0.1) is 5.82 Å². The van der Waals surface area contributed by atoms with Gasteiger partial charge in [-0.25, -0.2) is 8.78 Å². The summed E-state index contributed by atoms with van der Waals surface area (Å²) in [4.78, 5) is 0. The minimum absolute atomic E-state index is 0.246. The van der Waals surface area contributed by atoms with Gasteiger partial charge in [0.2, 0.25) is 0 Å². The number of alkyl halides is 1. The zero-order valence-electron chi connectivity index (χ0n) is 16.2. The fourth-order valence-corrected chi connectivity index (χ4v) is 3.95. The van der Waals surface area contributed by atoms with E-state index < -0.39 is 24.3 Å². The Morgan fingerprint density at radius 2 is 2.14 bits per heavy atom. The van der Waals surface area contributed by atoms with E-state index in [1.165, 1.54) is 6.07 Å². The molecule has 7 heteroatoms. The predicted octanol–water partition coefficient (Wildman–Crippen LogP) is 3.12. The molecular formula is C22H25F2N3O2. The largest absolute Gasteiger partial charge is 0.497 e. The van der Waals surface area contributed by atoms with Crippen LogP contribution in [0.3, 0.4) is 0 Å². The van der Waals surface area contributed by atoms with Gasteiger partial charge in [0.1, 0.15) is 24.0 Å². The minimum Gasteiger partial charge on any atom is -0.497 e. The van der Waals surface area contributed by atoms with Gasteiger partial charge in [-0.2, -0.15) is 0 Å². The topological polar surface area (TPSA) is 58.5 Å². The molecule has 0 radical (unpaired) electrons. The van der Waals surface area contributed by atoms with Crippen LogP contribution in [-0.2, 0) is 6.54 Å². The highest BCUT2D eigenvalue weighted by Gasteiger charge is 2.28. The Kier molecular flexibility index (Phi) is 5.80. The zero-order chi connectivity index (χ0) is 20.4. The van der Waals surface area contributed by atoms with E-state index in [1.807, 2.05) is 34.9 Å². The highest BCUT2D eigenvalue weighted by molar-refractivity contribution is 5.85. The van der Waals surface area contributed by atoms with Gasteiger partial charge in [0.25, 0.3) is 0 Å². The molecule has 2 aromatic carbocycles. The molecule has 0 spiro atoms. The third-order valence-corrected chi connectivity index (χ3v) is 5.45. The van der Waals surface area contributed by atoms with E-state index in [2.05, 4.69) is 10.6 Å². The summed E-state index contributed by atoms with van der Waals surface area (Å²) in [6.45, 7) is 1.41. The van der Waals surface area contributed by atoms with Crippen molar-refractivity contribution in [3.8, 4) is 5.75 Å². The first-order valence-corrected chi connectivity index (χ1v) is 9.76. The maximum absolute atomic E-state index is 14.7. The first-order chi connectivity index (χ1) is 14.1. The summed E-state index contributed by atoms with van der Waals surface area (Å²) in [7, 11) is 1.61.